The molecule has 3 rings (SSSR count). The number of nitrogens with one attached hydrogen (secondary N) is 2. The zero-order valence-electron chi connectivity index (χ0n) is 14.1. The van der Waals surface area contributed by atoms with E-state index in [-0.39, 0.29) is 6.09 Å². The molecule has 0 aromatic rings. The third-order valence-corrected chi connectivity index (χ3v) is 5.11. The summed E-state index contributed by atoms with van der Waals surface area (Å²) in [6.07, 6.45) is 9.76. The summed E-state index contributed by atoms with van der Waals surface area (Å²) in [5.74, 6) is 3.13. The number of carbonyl (C=O) groups is 1. The Kier molecular flexibility index (Phi) is 4.49. The summed E-state index contributed by atoms with van der Waals surface area (Å²) in [6.45, 7) is 7.45. The molecule has 2 bridgehead atoms. The summed E-state index contributed by atoms with van der Waals surface area (Å²) in [5.41, 5.74) is -0.429. The Hall–Kier alpha value is -1.03. The lowest BCUT2D eigenvalue weighted by Gasteiger charge is -2.25. The van der Waals surface area contributed by atoms with Crippen molar-refractivity contribution in [3.8, 4) is 0 Å². The van der Waals surface area contributed by atoms with Gasteiger partial charge in [0.25, 0.3) is 0 Å². The molecule has 0 radical (unpaired) electrons. The number of ether oxygens (including phenoxy) is 1. The van der Waals surface area contributed by atoms with E-state index in [1.54, 1.807) is 0 Å². The van der Waals surface area contributed by atoms with E-state index in [0.717, 1.165) is 30.2 Å². The summed E-state index contributed by atoms with van der Waals surface area (Å²) < 4.78 is 5.32. The molecule has 2 saturated carbocycles. The van der Waals surface area contributed by atoms with E-state index >= 15 is 0 Å². The van der Waals surface area contributed by atoms with Crippen LogP contribution in [0.3, 0.4) is 0 Å². The van der Waals surface area contributed by atoms with Crippen LogP contribution in [0, 0.1) is 23.7 Å². The fourth-order valence-electron chi connectivity index (χ4n) is 3.84. The van der Waals surface area contributed by atoms with Gasteiger partial charge >= 0.3 is 6.09 Å². The number of allylic oxidation sites excluding steroid dienone is 2. The lowest BCUT2D eigenvalue weighted by Crippen LogP contribution is -2.45. The third-order valence-electron chi connectivity index (χ3n) is 5.11. The maximum atomic E-state index is 11.8. The van der Waals surface area contributed by atoms with Crippen molar-refractivity contribution >= 4 is 6.09 Å². The second-order valence-corrected chi connectivity index (χ2v) is 8.28. The number of alkyl carbamates (subject to hydrolysis) is 1. The highest BCUT2D eigenvalue weighted by atomic mass is 16.6. The number of fused-ring (bicyclic) bond motifs is 2. The summed E-state index contributed by atoms with van der Waals surface area (Å²) >= 11 is 0. The molecule has 4 heteroatoms. The fraction of sp³-hybridized carbons (Fsp3) is 0.833. The van der Waals surface area contributed by atoms with Gasteiger partial charge in [-0.1, -0.05) is 12.2 Å². The van der Waals surface area contributed by atoms with Gasteiger partial charge in [0.1, 0.15) is 5.60 Å². The summed E-state index contributed by atoms with van der Waals surface area (Å²) in [5, 5.41) is 6.65. The summed E-state index contributed by atoms with van der Waals surface area (Å²) in [6, 6.07) is 0.399. The van der Waals surface area contributed by atoms with Gasteiger partial charge in [0.2, 0.25) is 0 Å². The van der Waals surface area contributed by atoms with Crippen molar-refractivity contribution in [2.75, 3.05) is 13.1 Å². The van der Waals surface area contributed by atoms with Crippen LogP contribution in [0.4, 0.5) is 4.79 Å². The van der Waals surface area contributed by atoms with Crippen molar-refractivity contribution in [3.05, 3.63) is 12.2 Å². The maximum Gasteiger partial charge on any atom is 0.407 e. The van der Waals surface area contributed by atoms with Gasteiger partial charge in [-0.15, -0.1) is 0 Å². The Balaban J connectivity index is 1.41. The maximum absolute atomic E-state index is 11.8. The molecule has 124 valence electrons. The van der Waals surface area contributed by atoms with Crippen LogP contribution >= 0.6 is 0 Å². The topological polar surface area (TPSA) is 50.4 Å². The van der Waals surface area contributed by atoms with Crippen molar-refractivity contribution in [3.63, 3.8) is 0 Å². The zero-order valence-corrected chi connectivity index (χ0v) is 14.1. The predicted octanol–water partition coefficient (Wildman–Crippen LogP) is 3.09. The molecule has 3 aliphatic rings. The van der Waals surface area contributed by atoms with Crippen LogP contribution in [0.15, 0.2) is 12.2 Å². The third kappa shape index (κ3) is 4.25. The lowest BCUT2D eigenvalue weighted by atomic mass is 9.93. The molecule has 4 unspecified atom stereocenters. The van der Waals surface area contributed by atoms with Crippen molar-refractivity contribution in [1.29, 1.82) is 0 Å². The van der Waals surface area contributed by atoms with Crippen LogP contribution in [-0.2, 0) is 4.74 Å². The molecule has 0 aliphatic heterocycles. The molecule has 2 fully saturated rings. The van der Waals surface area contributed by atoms with Crippen LogP contribution in [0.5, 0.6) is 0 Å². The Labute approximate surface area is 134 Å². The standard InChI is InChI=1S/C18H30N2O2/c1-18(2,3)22-17(21)20-11-16(13-6-7-13)19-10-15-9-12-4-5-14(15)8-12/h4-5,12-16,19H,6-11H2,1-3H3,(H,20,21). The Morgan fingerprint density at radius 1 is 1.27 bits per heavy atom. The molecular formula is C18H30N2O2. The molecule has 0 saturated heterocycles. The second-order valence-electron chi connectivity index (χ2n) is 8.28. The van der Waals surface area contributed by atoms with E-state index in [1.807, 2.05) is 20.8 Å². The summed E-state index contributed by atoms with van der Waals surface area (Å²) in [7, 11) is 0. The summed E-state index contributed by atoms with van der Waals surface area (Å²) in [4.78, 5) is 11.8. The number of amides is 1. The molecule has 4 nitrogen and oxygen atoms in total. The molecule has 0 aromatic heterocycles. The minimum Gasteiger partial charge on any atom is -0.444 e. The average Bonchev–Trinajstić information content (AvgIpc) is 3.05. The average molecular weight is 306 g/mol. The molecule has 2 N–H and O–H groups in total. The molecule has 4 atom stereocenters. The molecule has 0 aromatic carbocycles. The van der Waals surface area contributed by atoms with Gasteiger partial charge in [-0.25, -0.2) is 4.79 Å². The molecular weight excluding hydrogens is 276 g/mol. The van der Waals surface area contributed by atoms with Crippen LogP contribution in [-0.4, -0.2) is 30.8 Å². The zero-order chi connectivity index (χ0) is 15.7. The van der Waals surface area contributed by atoms with Gasteiger partial charge in [-0.3, -0.25) is 0 Å². The van der Waals surface area contributed by atoms with Gasteiger partial charge in [-0.05, 0) is 76.7 Å². The second kappa shape index (κ2) is 6.23. The number of hydrogen-bond acceptors (Lipinski definition) is 3. The van der Waals surface area contributed by atoms with Crippen molar-refractivity contribution in [2.24, 2.45) is 23.7 Å². The van der Waals surface area contributed by atoms with E-state index < -0.39 is 5.60 Å². The van der Waals surface area contributed by atoms with Gasteiger partial charge < -0.3 is 15.4 Å². The SMILES string of the molecule is CC(C)(C)OC(=O)NCC(NCC1CC2C=CC1C2)C1CC1. The highest BCUT2D eigenvalue weighted by molar-refractivity contribution is 5.67. The van der Waals surface area contributed by atoms with Crippen LogP contribution in [0.1, 0.15) is 46.5 Å². The smallest absolute Gasteiger partial charge is 0.407 e. The van der Waals surface area contributed by atoms with E-state index in [9.17, 15) is 4.79 Å². The lowest BCUT2D eigenvalue weighted by molar-refractivity contribution is 0.0520. The molecule has 0 spiro atoms. The number of carbonyl (C=O) groups excluding carboxylic acids is 1. The van der Waals surface area contributed by atoms with Crippen molar-refractivity contribution < 1.29 is 9.53 Å². The van der Waals surface area contributed by atoms with Crippen molar-refractivity contribution in [2.45, 2.75) is 58.1 Å². The number of rotatable bonds is 6. The van der Waals surface area contributed by atoms with E-state index in [1.165, 1.54) is 25.7 Å². The Morgan fingerprint density at radius 2 is 2.05 bits per heavy atom. The molecule has 1 amide bonds. The predicted molar refractivity (Wildman–Crippen MR) is 87.6 cm³/mol. The Bertz CT molecular complexity index is 437. The van der Waals surface area contributed by atoms with E-state index in [2.05, 4.69) is 22.8 Å². The van der Waals surface area contributed by atoms with Crippen LogP contribution in [0.2, 0.25) is 0 Å². The van der Waals surface area contributed by atoms with Gasteiger partial charge in [0.15, 0.2) is 0 Å². The van der Waals surface area contributed by atoms with Crippen LogP contribution < -0.4 is 10.6 Å². The largest absolute Gasteiger partial charge is 0.444 e. The normalized spacial score (nSPS) is 31.3. The minimum absolute atomic E-state index is 0.303. The highest BCUT2D eigenvalue weighted by Gasteiger charge is 2.37. The van der Waals surface area contributed by atoms with Crippen molar-refractivity contribution in [1.82, 2.24) is 10.6 Å². The van der Waals surface area contributed by atoms with Gasteiger partial charge in [0, 0.05) is 12.6 Å². The Morgan fingerprint density at radius 3 is 2.59 bits per heavy atom. The quantitative estimate of drug-likeness (QED) is 0.741. The number of hydrogen-bond donors (Lipinski definition) is 2. The molecule has 3 aliphatic carbocycles. The fourth-order valence-corrected chi connectivity index (χ4v) is 3.84. The van der Waals surface area contributed by atoms with Crippen LogP contribution in [0.25, 0.3) is 0 Å². The minimum atomic E-state index is -0.429. The first-order valence-electron chi connectivity index (χ1n) is 8.79. The first-order chi connectivity index (χ1) is 10.4. The highest BCUT2D eigenvalue weighted by Crippen LogP contribution is 2.43. The van der Waals surface area contributed by atoms with E-state index in [4.69, 9.17) is 4.74 Å². The van der Waals surface area contributed by atoms with E-state index in [0.29, 0.717) is 12.6 Å². The molecule has 22 heavy (non-hydrogen) atoms. The monoisotopic (exact) mass is 306 g/mol. The first kappa shape index (κ1) is 15.9. The molecule has 0 heterocycles. The first-order valence-corrected chi connectivity index (χ1v) is 8.79. The van der Waals surface area contributed by atoms with Gasteiger partial charge in [0.05, 0.1) is 0 Å². The van der Waals surface area contributed by atoms with Gasteiger partial charge in [-0.2, -0.15) is 0 Å².